The van der Waals surface area contributed by atoms with Crippen LogP contribution in [0.3, 0.4) is 0 Å². The van der Waals surface area contributed by atoms with Gasteiger partial charge in [0.05, 0.1) is 23.6 Å². The van der Waals surface area contributed by atoms with E-state index in [9.17, 15) is 9.59 Å². The molecule has 0 spiro atoms. The minimum atomic E-state index is -0.541. The van der Waals surface area contributed by atoms with Gasteiger partial charge >= 0.3 is 6.09 Å². The molecule has 0 saturated carbocycles. The number of hydrogen-bond donors (Lipinski definition) is 0. The molecular formula is C25H31N3O5. The summed E-state index contributed by atoms with van der Waals surface area (Å²) in [6.07, 6.45) is 3.83. The summed E-state index contributed by atoms with van der Waals surface area (Å²) in [6, 6.07) is 7.66. The Bertz CT molecular complexity index is 1230. The number of carbonyl (C=O) groups excluding carboxylic acids is 1. The van der Waals surface area contributed by atoms with Crippen molar-refractivity contribution in [1.29, 1.82) is 0 Å². The van der Waals surface area contributed by atoms with E-state index in [-0.39, 0.29) is 23.7 Å². The first kappa shape index (κ1) is 23.0. The van der Waals surface area contributed by atoms with Crippen LogP contribution in [0.4, 0.5) is 4.79 Å². The van der Waals surface area contributed by atoms with Crippen LogP contribution in [0.5, 0.6) is 5.75 Å². The number of hydrogen-bond acceptors (Lipinski definition) is 6. The fraction of sp³-hybridized carbons (Fsp3) is 0.480. The van der Waals surface area contributed by atoms with Gasteiger partial charge in [0.25, 0.3) is 5.56 Å². The number of pyridine rings is 2. The molecule has 33 heavy (non-hydrogen) atoms. The summed E-state index contributed by atoms with van der Waals surface area (Å²) >= 11 is 0. The maximum absolute atomic E-state index is 13.1. The van der Waals surface area contributed by atoms with Crippen molar-refractivity contribution in [3.8, 4) is 5.75 Å². The van der Waals surface area contributed by atoms with Gasteiger partial charge in [0.15, 0.2) is 0 Å². The lowest BCUT2D eigenvalue weighted by Crippen LogP contribution is -2.60. The molecule has 8 heteroatoms. The highest BCUT2D eigenvalue weighted by Crippen LogP contribution is 2.30. The highest BCUT2D eigenvalue weighted by molar-refractivity contribution is 6.05. The molecule has 0 N–H and O–H groups in total. The second-order valence-corrected chi connectivity index (χ2v) is 9.49. The number of rotatable bonds is 6. The Morgan fingerprint density at radius 2 is 1.97 bits per heavy atom. The van der Waals surface area contributed by atoms with Crippen LogP contribution in [0, 0.1) is 0 Å². The van der Waals surface area contributed by atoms with Crippen molar-refractivity contribution in [3.05, 3.63) is 47.0 Å². The molecule has 1 aliphatic heterocycles. The monoisotopic (exact) mass is 453 g/mol. The van der Waals surface area contributed by atoms with Crippen LogP contribution in [0.2, 0.25) is 0 Å². The number of carbonyl (C=O) groups is 1. The van der Waals surface area contributed by atoms with Gasteiger partial charge in [-0.1, -0.05) is 0 Å². The normalized spacial score (nSPS) is 18.4. The maximum Gasteiger partial charge on any atom is 0.410 e. The number of methoxy groups -OCH3 is 1. The summed E-state index contributed by atoms with van der Waals surface area (Å²) < 4.78 is 18.5. The molecule has 2 atom stereocenters. The largest absolute Gasteiger partial charge is 0.491 e. The van der Waals surface area contributed by atoms with Crippen LogP contribution in [0.15, 0.2) is 41.5 Å². The minimum absolute atomic E-state index is 0.0519. The zero-order valence-electron chi connectivity index (χ0n) is 19.8. The number of ether oxygens (including phenoxy) is 3. The van der Waals surface area contributed by atoms with E-state index in [0.717, 1.165) is 22.7 Å². The van der Waals surface area contributed by atoms with Gasteiger partial charge in [-0.25, -0.2) is 4.79 Å². The van der Waals surface area contributed by atoms with Crippen molar-refractivity contribution in [2.24, 2.45) is 0 Å². The number of amides is 1. The third-order valence-electron chi connectivity index (χ3n) is 5.89. The van der Waals surface area contributed by atoms with Crippen LogP contribution in [0.1, 0.15) is 34.1 Å². The first-order valence-corrected chi connectivity index (χ1v) is 11.2. The summed E-state index contributed by atoms with van der Waals surface area (Å²) in [5, 5.41) is 2.38. The first-order valence-electron chi connectivity index (χ1n) is 11.2. The Labute approximate surface area is 193 Å². The molecule has 1 aromatic carbocycles. The van der Waals surface area contributed by atoms with Crippen LogP contribution < -0.4 is 10.3 Å². The number of aromatic nitrogens is 2. The molecule has 1 amide bonds. The van der Waals surface area contributed by atoms with E-state index in [4.69, 9.17) is 14.2 Å². The van der Waals surface area contributed by atoms with E-state index in [0.29, 0.717) is 30.9 Å². The van der Waals surface area contributed by atoms with E-state index in [1.54, 1.807) is 29.0 Å². The molecule has 2 aromatic heterocycles. The van der Waals surface area contributed by atoms with Gasteiger partial charge < -0.3 is 18.8 Å². The Hall–Kier alpha value is -3.13. The highest BCUT2D eigenvalue weighted by atomic mass is 16.6. The summed E-state index contributed by atoms with van der Waals surface area (Å²) in [5.41, 5.74) is 0.128. The minimum Gasteiger partial charge on any atom is -0.491 e. The van der Waals surface area contributed by atoms with E-state index in [1.165, 1.54) is 0 Å². The maximum atomic E-state index is 13.1. The van der Waals surface area contributed by atoms with Crippen LogP contribution in [-0.2, 0) is 16.0 Å². The second-order valence-electron chi connectivity index (χ2n) is 9.49. The van der Waals surface area contributed by atoms with Gasteiger partial charge in [-0.15, -0.1) is 0 Å². The molecule has 8 nitrogen and oxygen atoms in total. The van der Waals surface area contributed by atoms with Gasteiger partial charge in [0.1, 0.15) is 18.0 Å². The van der Waals surface area contributed by atoms with E-state index in [1.807, 2.05) is 52.0 Å². The molecule has 3 aromatic rings. The van der Waals surface area contributed by atoms with Crippen molar-refractivity contribution in [3.63, 3.8) is 0 Å². The third-order valence-corrected chi connectivity index (χ3v) is 5.89. The fourth-order valence-electron chi connectivity index (χ4n) is 4.34. The molecule has 3 heterocycles. The van der Waals surface area contributed by atoms with Gasteiger partial charge in [-0.2, -0.15) is 0 Å². The van der Waals surface area contributed by atoms with Crippen molar-refractivity contribution in [2.75, 3.05) is 20.3 Å². The topological polar surface area (TPSA) is 82.9 Å². The van der Waals surface area contributed by atoms with E-state index >= 15 is 0 Å². The smallest absolute Gasteiger partial charge is 0.410 e. The van der Waals surface area contributed by atoms with Crippen LogP contribution in [0.25, 0.3) is 21.7 Å². The molecule has 0 radical (unpaired) electrons. The lowest BCUT2D eigenvalue weighted by molar-refractivity contribution is -0.0374. The van der Waals surface area contributed by atoms with E-state index in [2.05, 4.69) is 4.98 Å². The third kappa shape index (κ3) is 4.66. The van der Waals surface area contributed by atoms with Crippen molar-refractivity contribution < 1.29 is 19.0 Å². The Morgan fingerprint density at radius 3 is 2.67 bits per heavy atom. The lowest BCUT2D eigenvalue weighted by atomic mass is 9.95. The fourth-order valence-corrected chi connectivity index (χ4v) is 4.34. The standard InChI is InChI=1S/C25H31N3O5/c1-16-12-17(28(16)24(30)33-25(2,3)4)15-32-18-6-7-20-19-8-9-26-14-21(19)23(29)27(10-11-31-5)22(20)13-18/h6-9,13-14,16-17H,10-12,15H2,1-5H3. The molecular weight excluding hydrogens is 422 g/mol. The molecule has 1 saturated heterocycles. The first-order chi connectivity index (χ1) is 15.7. The summed E-state index contributed by atoms with van der Waals surface area (Å²) in [7, 11) is 1.61. The Morgan fingerprint density at radius 1 is 1.18 bits per heavy atom. The number of nitrogens with zero attached hydrogens (tertiary/aromatic N) is 3. The summed E-state index contributed by atoms with van der Waals surface area (Å²) in [5.74, 6) is 0.644. The van der Waals surface area contributed by atoms with Gasteiger partial charge in [0, 0.05) is 43.5 Å². The summed E-state index contributed by atoms with van der Waals surface area (Å²) in [4.78, 5) is 31.5. The predicted molar refractivity (Wildman–Crippen MR) is 127 cm³/mol. The van der Waals surface area contributed by atoms with Crippen LogP contribution >= 0.6 is 0 Å². The Balaban J connectivity index is 1.60. The predicted octanol–water partition coefficient (Wildman–Crippen LogP) is 3.97. The summed E-state index contributed by atoms with van der Waals surface area (Å²) in [6.45, 7) is 8.78. The molecule has 176 valence electrons. The molecule has 0 bridgehead atoms. The van der Waals surface area contributed by atoms with E-state index < -0.39 is 5.60 Å². The average molecular weight is 454 g/mol. The molecule has 0 aliphatic carbocycles. The van der Waals surface area contributed by atoms with Crippen molar-refractivity contribution in [2.45, 2.75) is 58.3 Å². The average Bonchev–Trinajstić information content (AvgIpc) is 2.75. The zero-order valence-corrected chi connectivity index (χ0v) is 19.8. The van der Waals surface area contributed by atoms with Crippen molar-refractivity contribution in [1.82, 2.24) is 14.5 Å². The molecule has 2 unspecified atom stereocenters. The second kappa shape index (κ2) is 9.02. The van der Waals surface area contributed by atoms with Gasteiger partial charge in [-0.05, 0) is 57.7 Å². The highest BCUT2D eigenvalue weighted by Gasteiger charge is 2.41. The molecule has 4 rings (SSSR count). The quantitative estimate of drug-likeness (QED) is 0.525. The van der Waals surface area contributed by atoms with Crippen LogP contribution in [-0.4, -0.2) is 58.6 Å². The van der Waals surface area contributed by atoms with Crippen molar-refractivity contribution >= 4 is 27.8 Å². The van der Waals surface area contributed by atoms with Gasteiger partial charge in [-0.3, -0.25) is 14.7 Å². The lowest BCUT2D eigenvalue weighted by Gasteiger charge is -2.46. The molecule has 1 fully saturated rings. The Kier molecular flexibility index (Phi) is 6.30. The number of fused-ring (bicyclic) bond motifs is 3. The zero-order chi connectivity index (χ0) is 23.8. The number of likely N-dealkylation sites (tertiary alicyclic amines) is 1. The van der Waals surface area contributed by atoms with Gasteiger partial charge in [0.2, 0.25) is 0 Å². The molecule has 1 aliphatic rings. The SMILES string of the molecule is COCCn1c(=O)c2cnccc2c2ccc(OCC3CC(C)N3C(=O)OC(C)(C)C)cc21. The number of benzene rings is 1.